The number of hydrogen-bond acceptors (Lipinski definition) is 4. The van der Waals surface area contributed by atoms with Gasteiger partial charge in [0.2, 0.25) is 0 Å². The summed E-state index contributed by atoms with van der Waals surface area (Å²) < 4.78 is 19.1. The lowest BCUT2D eigenvalue weighted by Crippen LogP contribution is -2.10. The predicted molar refractivity (Wildman–Crippen MR) is 73.8 cm³/mol. The molecule has 5 heteroatoms. The third-order valence-corrected chi connectivity index (χ3v) is 4.14. The van der Waals surface area contributed by atoms with E-state index in [9.17, 15) is 4.39 Å². The van der Waals surface area contributed by atoms with Crippen LogP contribution in [-0.2, 0) is 5.41 Å². The molecule has 0 aliphatic heterocycles. The van der Waals surface area contributed by atoms with Crippen LogP contribution in [0, 0.1) is 5.82 Å². The number of nitrogens with zero attached hydrogens (tertiary/aromatic N) is 2. The molecule has 0 bridgehead atoms. The van der Waals surface area contributed by atoms with Crippen LogP contribution in [0.2, 0.25) is 0 Å². The highest BCUT2D eigenvalue weighted by atomic mass is 32.1. The van der Waals surface area contributed by atoms with Gasteiger partial charge in [0.05, 0.1) is 0 Å². The zero-order valence-electron chi connectivity index (χ0n) is 10.9. The second-order valence-electron chi connectivity index (χ2n) is 5.43. The summed E-state index contributed by atoms with van der Waals surface area (Å²) in [5, 5.41) is 10.7. The Bertz CT molecular complexity index is 739. The van der Waals surface area contributed by atoms with Gasteiger partial charge in [-0.1, -0.05) is 44.2 Å². The quantitative estimate of drug-likeness (QED) is 0.661. The summed E-state index contributed by atoms with van der Waals surface area (Å²) in [7, 11) is 0. The van der Waals surface area contributed by atoms with E-state index >= 15 is 0 Å². The average Bonchev–Trinajstić information content (AvgIpc) is 2.94. The highest BCUT2D eigenvalue weighted by molar-refractivity contribution is 7.14. The molecule has 98 valence electrons. The molecule has 0 N–H and O–H groups in total. The molecule has 2 aromatic heterocycles. The van der Waals surface area contributed by atoms with E-state index in [-0.39, 0.29) is 16.8 Å². The molecule has 0 fully saturated rings. The molecule has 2 heterocycles. The van der Waals surface area contributed by atoms with E-state index in [4.69, 9.17) is 4.42 Å². The van der Waals surface area contributed by atoms with E-state index in [0.717, 1.165) is 10.4 Å². The van der Waals surface area contributed by atoms with Crippen molar-refractivity contribution in [3.8, 4) is 10.8 Å². The van der Waals surface area contributed by atoms with Crippen molar-refractivity contribution in [1.29, 1.82) is 0 Å². The Kier molecular flexibility index (Phi) is 2.67. The van der Waals surface area contributed by atoms with E-state index in [2.05, 4.69) is 31.0 Å². The summed E-state index contributed by atoms with van der Waals surface area (Å²) in [6, 6.07) is 6.66. The number of fused-ring (bicyclic) bond motifs is 1. The molecular weight excluding hydrogens is 263 g/mol. The Hall–Kier alpha value is -1.75. The van der Waals surface area contributed by atoms with Crippen LogP contribution in [0.5, 0.6) is 0 Å². The lowest BCUT2D eigenvalue weighted by atomic mass is 9.98. The number of benzene rings is 1. The maximum atomic E-state index is 13.6. The fourth-order valence-electron chi connectivity index (χ4n) is 1.76. The first-order valence-electron chi connectivity index (χ1n) is 5.97. The highest BCUT2D eigenvalue weighted by Crippen LogP contribution is 2.34. The lowest BCUT2D eigenvalue weighted by Gasteiger charge is -2.12. The van der Waals surface area contributed by atoms with Crippen LogP contribution in [0.3, 0.4) is 0 Å². The number of para-hydroxylation sites is 1. The van der Waals surface area contributed by atoms with Crippen LogP contribution in [0.1, 0.15) is 25.8 Å². The molecule has 0 saturated carbocycles. The molecular formula is C14H13FN2OS. The Balaban J connectivity index is 2.09. The Morgan fingerprint density at radius 1 is 1.21 bits per heavy atom. The van der Waals surface area contributed by atoms with Crippen LogP contribution in [0.25, 0.3) is 21.7 Å². The van der Waals surface area contributed by atoms with Gasteiger partial charge in [0, 0.05) is 10.8 Å². The van der Waals surface area contributed by atoms with Gasteiger partial charge in [-0.05, 0) is 12.1 Å². The molecule has 0 aliphatic carbocycles. The van der Waals surface area contributed by atoms with Gasteiger partial charge < -0.3 is 4.42 Å². The van der Waals surface area contributed by atoms with Crippen LogP contribution in [0.15, 0.2) is 28.7 Å². The molecule has 0 spiro atoms. The third-order valence-electron chi connectivity index (χ3n) is 2.77. The SMILES string of the molecule is CC(C)(C)c1nnc(-c2cc3cccc(F)c3o2)s1. The second kappa shape index (κ2) is 4.13. The molecule has 0 atom stereocenters. The van der Waals surface area contributed by atoms with Crippen molar-refractivity contribution in [2.24, 2.45) is 0 Å². The van der Waals surface area contributed by atoms with Crippen molar-refractivity contribution in [3.63, 3.8) is 0 Å². The zero-order chi connectivity index (χ0) is 13.6. The van der Waals surface area contributed by atoms with Crippen molar-refractivity contribution < 1.29 is 8.81 Å². The minimum atomic E-state index is -0.357. The van der Waals surface area contributed by atoms with Crippen LogP contribution in [-0.4, -0.2) is 10.2 Å². The van der Waals surface area contributed by atoms with Crippen molar-refractivity contribution in [2.45, 2.75) is 26.2 Å². The minimum absolute atomic E-state index is 0.0484. The smallest absolute Gasteiger partial charge is 0.183 e. The van der Waals surface area contributed by atoms with Gasteiger partial charge in [-0.15, -0.1) is 10.2 Å². The molecule has 1 aromatic carbocycles. The van der Waals surface area contributed by atoms with Gasteiger partial charge in [0.25, 0.3) is 0 Å². The van der Waals surface area contributed by atoms with Gasteiger partial charge in [0.15, 0.2) is 22.2 Å². The molecule has 19 heavy (non-hydrogen) atoms. The summed E-state index contributed by atoms with van der Waals surface area (Å²) in [5.74, 6) is 0.206. The van der Waals surface area contributed by atoms with Crippen molar-refractivity contribution >= 4 is 22.3 Å². The summed E-state index contributed by atoms with van der Waals surface area (Å²) in [4.78, 5) is 0. The first-order chi connectivity index (χ1) is 8.95. The maximum Gasteiger partial charge on any atom is 0.183 e. The molecule has 0 unspecified atom stereocenters. The summed E-state index contributed by atoms with van der Waals surface area (Å²) in [5.41, 5.74) is 0.220. The fraction of sp³-hybridized carbons (Fsp3) is 0.286. The van der Waals surface area contributed by atoms with Crippen molar-refractivity contribution in [1.82, 2.24) is 10.2 Å². The van der Waals surface area contributed by atoms with Crippen LogP contribution < -0.4 is 0 Å². The topological polar surface area (TPSA) is 38.9 Å². The van der Waals surface area contributed by atoms with E-state index in [0.29, 0.717) is 10.8 Å². The summed E-state index contributed by atoms with van der Waals surface area (Å²) in [6.45, 7) is 6.24. The van der Waals surface area contributed by atoms with Gasteiger partial charge in [-0.2, -0.15) is 0 Å². The molecule has 3 aromatic rings. The molecule has 0 saturated heterocycles. The van der Waals surface area contributed by atoms with E-state index in [1.807, 2.05) is 6.07 Å². The van der Waals surface area contributed by atoms with E-state index < -0.39 is 0 Å². The van der Waals surface area contributed by atoms with Gasteiger partial charge in [0.1, 0.15) is 5.01 Å². The van der Waals surface area contributed by atoms with Gasteiger partial charge in [-0.25, -0.2) is 4.39 Å². The maximum absolute atomic E-state index is 13.6. The Labute approximate surface area is 114 Å². The number of rotatable bonds is 1. The summed E-state index contributed by atoms with van der Waals surface area (Å²) >= 11 is 1.48. The Morgan fingerprint density at radius 3 is 2.63 bits per heavy atom. The molecule has 0 radical (unpaired) electrons. The number of furan rings is 1. The third kappa shape index (κ3) is 2.14. The minimum Gasteiger partial charge on any atom is -0.450 e. The fourth-order valence-corrected chi connectivity index (χ4v) is 2.61. The predicted octanol–water partition coefficient (Wildman–Crippen LogP) is 4.39. The van der Waals surface area contributed by atoms with Gasteiger partial charge in [-0.3, -0.25) is 0 Å². The van der Waals surface area contributed by atoms with Gasteiger partial charge >= 0.3 is 0 Å². The number of hydrogen-bond donors (Lipinski definition) is 0. The highest BCUT2D eigenvalue weighted by Gasteiger charge is 2.21. The van der Waals surface area contributed by atoms with Crippen LogP contribution in [0.4, 0.5) is 4.39 Å². The molecule has 3 rings (SSSR count). The van der Waals surface area contributed by atoms with E-state index in [1.165, 1.54) is 17.4 Å². The number of halogens is 1. The first-order valence-corrected chi connectivity index (χ1v) is 6.79. The van der Waals surface area contributed by atoms with Crippen LogP contribution >= 0.6 is 11.3 Å². The standard InChI is InChI=1S/C14H13FN2OS/c1-14(2,3)13-17-16-12(19-13)10-7-8-5-4-6-9(15)11(8)18-10/h4-7H,1-3H3. The monoisotopic (exact) mass is 276 g/mol. The zero-order valence-corrected chi connectivity index (χ0v) is 11.7. The largest absolute Gasteiger partial charge is 0.450 e. The average molecular weight is 276 g/mol. The summed E-state index contributed by atoms with van der Waals surface area (Å²) in [6.07, 6.45) is 0. The van der Waals surface area contributed by atoms with Crippen molar-refractivity contribution in [2.75, 3.05) is 0 Å². The van der Waals surface area contributed by atoms with Crippen molar-refractivity contribution in [3.05, 3.63) is 35.1 Å². The lowest BCUT2D eigenvalue weighted by molar-refractivity contribution is 0.567. The molecule has 0 aliphatic rings. The van der Waals surface area contributed by atoms with E-state index in [1.54, 1.807) is 12.1 Å². The second-order valence-corrected chi connectivity index (χ2v) is 6.41. The first kappa shape index (κ1) is 12.3. The Morgan fingerprint density at radius 2 is 2.00 bits per heavy atom. The molecule has 3 nitrogen and oxygen atoms in total. The number of aromatic nitrogens is 2. The normalized spacial score (nSPS) is 12.2. The molecule has 0 amide bonds.